The number of carbonyl (C=O) groups excluding carboxylic acids is 1. The van der Waals surface area contributed by atoms with Crippen LogP contribution in [0.4, 0.5) is 9.18 Å². The summed E-state index contributed by atoms with van der Waals surface area (Å²) in [7, 11) is 1.33. The van der Waals surface area contributed by atoms with Crippen molar-refractivity contribution >= 4 is 6.09 Å². The third kappa shape index (κ3) is 3.13. The van der Waals surface area contributed by atoms with Crippen LogP contribution < -0.4 is 5.56 Å². The van der Waals surface area contributed by atoms with Gasteiger partial charge in [0.25, 0.3) is 5.56 Å². The van der Waals surface area contributed by atoms with E-state index in [-0.39, 0.29) is 23.3 Å². The molecular formula is C16H17FN2O4. The van der Waals surface area contributed by atoms with Crippen molar-refractivity contribution in [3.8, 4) is 0 Å². The van der Waals surface area contributed by atoms with E-state index in [9.17, 15) is 14.0 Å². The van der Waals surface area contributed by atoms with Gasteiger partial charge >= 0.3 is 6.09 Å². The number of hydrogen-bond donors (Lipinski definition) is 1. The van der Waals surface area contributed by atoms with Crippen molar-refractivity contribution in [3.63, 3.8) is 0 Å². The Bertz CT molecular complexity index is 737. The molecule has 1 N–H and O–H groups in total. The number of methoxy groups -OCH3 is 1. The molecule has 23 heavy (non-hydrogen) atoms. The van der Waals surface area contributed by atoms with E-state index in [4.69, 9.17) is 9.26 Å². The largest absolute Gasteiger partial charge is 0.453 e. The van der Waals surface area contributed by atoms with Gasteiger partial charge in [-0.1, -0.05) is 12.1 Å². The number of rotatable bonds is 2. The smallest absolute Gasteiger partial charge is 0.409 e. The van der Waals surface area contributed by atoms with E-state index in [1.807, 2.05) is 0 Å². The molecule has 1 amide bonds. The van der Waals surface area contributed by atoms with Crippen LogP contribution in [0.1, 0.15) is 36.1 Å². The fourth-order valence-electron chi connectivity index (χ4n) is 3.06. The highest BCUT2D eigenvalue weighted by molar-refractivity contribution is 5.68. The van der Waals surface area contributed by atoms with E-state index in [1.165, 1.54) is 25.3 Å². The van der Waals surface area contributed by atoms with Crippen LogP contribution >= 0.6 is 0 Å². The number of nitrogens with zero attached hydrogens (tertiary/aromatic N) is 1. The summed E-state index contributed by atoms with van der Waals surface area (Å²) in [4.78, 5) is 24.9. The van der Waals surface area contributed by atoms with Crippen LogP contribution in [0.2, 0.25) is 0 Å². The summed E-state index contributed by atoms with van der Waals surface area (Å²) in [6.45, 7) is 0.467. The van der Waals surface area contributed by atoms with Crippen molar-refractivity contribution in [2.45, 2.75) is 24.8 Å². The molecule has 0 aliphatic carbocycles. The summed E-state index contributed by atoms with van der Waals surface area (Å²) >= 11 is 0. The zero-order valence-electron chi connectivity index (χ0n) is 12.6. The van der Waals surface area contributed by atoms with Gasteiger partial charge in [-0.25, -0.2) is 9.18 Å². The molecule has 1 fully saturated rings. The van der Waals surface area contributed by atoms with Crippen molar-refractivity contribution in [2.24, 2.45) is 0 Å². The van der Waals surface area contributed by atoms with E-state index in [1.54, 1.807) is 17.0 Å². The zero-order chi connectivity index (χ0) is 16.4. The fraction of sp³-hybridized carbons (Fsp3) is 0.375. The predicted molar refractivity (Wildman–Crippen MR) is 79.6 cm³/mol. The van der Waals surface area contributed by atoms with Gasteiger partial charge in [-0.3, -0.25) is 4.79 Å². The SMILES string of the molecule is COC(=O)N1CC[C@@H](c2cc(=O)[nH]o2)C[C@H]1c1ccc(F)cc1. The Balaban J connectivity index is 1.89. The molecule has 0 unspecified atom stereocenters. The van der Waals surface area contributed by atoms with Crippen LogP contribution in [-0.2, 0) is 4.74 Å². The molecule has 1 aromatic heterocycles. The number of amides is 1. The monoisotopic (exact) mass is 320 g/mol. The van der Waals surface area contributed by atoms with Gasteiger partial charge in [0.1, 0.15) is 11.6 Å². The quantitative estimate of drug-likeness (QED) is 0.923. The third-order valence-electron chi connectivity index (χ3n) is 4.21. The molecule has 1 aliphatic heterocycles. The van der Waals surface area contributed by atoms with Crippen LogP contribution in [0.3, 0.4) is 0 Å². The number of halogens is 1. The number of nitrogens with one attached hydrogen (secondary N) is 1. The third-order valence-corrected chi connectivity index (χ3v) is 4.21. The van der Waals surface area contributed by atoms with E-state index < -0.39 is 6.09 Å². The second kappa shape index (κ2) is 6.28. The van der Waals surface area contributed by atoms with E-state index in [2.05, 4.69) is 5.16 Å². The highest BCUT2D eigenvalue weighted by Gasteiger charge is 2.35. The Morgan fingerprint density at radius 3 is 2.74 bits per heavy atom. The lowest BCUT2D eigenvalue weighted by atomic mass is 9.86. The fourth-order valence-corrected chi connectivity index (χ4v) is 3.06. The number of piperidine rings is 1. The molecule has 0 radical (unpaired) electrons. The van der Waals surface area contributed by atoms with Gasteiger partial charge in [0.2, 0.25) is 0 Å². The minimum atomic E-state index is -0.423. The predicted octanol–water partition coefficient (Wildman–Crippen LogP) is 2.79. The van der Waals surface area contributed by atoms with Gasteiger partial charge in [0, 0.05) is 18.5 Å². The first-order chi connectivity index (χ1) is 11.1. The molecular weight excluding hydrogens is 303 g/mol. The molecule has 0 spiro atoms. The van der Waals surface area contributed by atoms with Gasteiger partial charge in [-0.2, -0.15) is 5.16 Å². The lowest BCUT2D eigenvalue weighted by molar-refractivity contribution is 0.0815. The van der Waals surface area contributed by atoms with Crippen molar-refractivity contribution in [3.05, 3.63) is 57.8 Å². The summed E-state index contributed by atoms with van der Waals surface area (Å²) in [5.74, 6) is 0.249. The van der Waals surface area contributed by atoms with E-state index >= 15 is 0 Å². The number of hydrogen-bond acceptors (Lipinski definition) is 4. The lowest BCUT2D eigenvalue weighted by Crippen LogP contribution is -2.40. The van der Waals surface area contributed by atoms with Gasteiger partial charge in [-0.15, -0.1) is 0 Å². The molecule has 6 nitrogen and oxygen atoms in total. The molecule has 3 rings (SSSR count). The zero-order valence-corrected chi connectivity index (χ0v) is 12.6. The number of benzene rings is 1. The Morgan fingerprint density at radius 2 is 2.13 bits per heavy atom. The molecule has 1 aliphatic rings. The van der Waals surface area contributed by atoms with Crippen LogP contribution in [0.25, 0.3) is 0 Å². The Hall–Kier alpha value is -2.57. The van der Waals surface area contributed by atoms with E-state index in [0.29, 0.717) is 25.1 Å². The topological polar surface area (TPSA) is 75.5 Å². The normalized spacial score (nSPS) is 21.2. The molecule has 1 aromatic carbocycles. The van der Waals surface area contributed by atoms with Crippen molar-refractivity contribution in [2.75, 3.05) is 13.7 Å². The summed E-state index contributed by atoms with van der Waals surface area (Å²) in [6, 6.07) is 7.22. The number of aromatic amines is 1. The van der Waals surface area contributed by atoms with Gasteiger partial charge in [0.15, 0.2) is 0 Å². The molecule has 7 heteroatoms. The average molecular weight is 320 g/mol. The number of ether oxygens (including phenoxy) is 1. The molecule has 0 bridgehead atoms. The number of aromatic nitrogens is 1. The minimum Gasteiger partial charge on any atom is -0.453 e. The van der Waals surface area contributed by atoms with Gasteiger partial charge < -0.3 is 14.2 Å². The highest BCUT2D eigenvalue weighted by Crippen LogP contribution is 2.39. The standard InChI is InChI=1S/C16H17FN2O4/c1-22-16(21)19-7-6-11(14-9-15(20)18-23-14)8-13(19)10-2-4-12(17)5-3-10/h2-5,9,11,13H,6-8H2,1H3,(H,18,20)/t11-,13+/m1/s1. The second-order valence-electron chi connectivity index (χ2n) is 5.57. The summed E-state index contributed by atoms with van der Waals surface area (Å²) in [5, 5.41) is 2.29. The second-order valence-corrected chi connectivity index (χ2v) is 5.57. The van der Waals surface area contributed by atoms with Crippen molar-refractivity contribution < 1.29 is 18.4 Å². The maximum absolute atomic E-state index is 13.2. The van der Waals surface area contributed by atoms with Gasteiger partial charge in [0.05, 0.1) is 13.2 Å². The Morgan fingerprint density at radius 1 is 1.39 bits per heavy atom. The summed E-state index contributed by atoms with van der Waals surface area (Å²) in [6.07, 6.45) is 0.808. The van der Waals surface area contributed by atoms with E-state index in [0.717, 1.165) is 5.56 Å². The first-order valence-corrected chi connectivity index (χ1v) is 7.37. The number of H-pyrrole nitrogens is 1. The van der Waals surface area contributed by atoms with Crippen LogP contribution in [0, 0.1) is 5.82 Å². The number of likely N-dealkylation sites (tertiary alicyclic amines) is 1. The lowest BCUT2D eigenvalue weighted by Gasteiger charge is -2.38. The molecule has 2 atom stereocenters. The minimum absolute atomic E-state index is 0.00455. The van der Waals surface area contributed by atoms with Crippen molar-refractivity contribution in [1.82, 2.24) is 10.1 Å². The van der Waals surface area contributed by atoms with Gasteiger partial charge in [-0.05, 0) is 30.5 Å². The molecule has 0 saturated carbocycles. The van der Waals surface area contributed by atoms with Crippen molar-refractivity contribution in [1.29, 1.82) is 0 Å². The van der Waals surface area contributed by atoms with Crippen LogP contribution in [0.15, 0.2) is 39.6 Å². The maximum Gasteiger partial charge on any atom is 0.409 e. The van der Waals surface area contributed by atoms with Crippen LogP contribution in [-0.4, -0.2) is 29.8 Å². The molecule has 122 valence electrons. The summed E-state index contributed by atoms with van der Waals surface area (Å²) < 4.78 is 23.2. The molecule has 1 saturated heterocycles. The Labute approximate surface area is 131 Å². The van der Waals surface area contributed by atoms with Crippen LogP contribution in [0.5, 0.6) is 0 Å². The first kappa shape index (κ1) is 15.3. The number of carbonyl (C=O) groups is 1. The first-order valence-electron chi connectivity index (χ1n) is 7.37. The highest BCUT2D eigenvalue weighted by atomic mass is 19.1. The Kier molecular flexibility index (Phi) is 4.18. The summed E-state index contributed by atoms with van der Waals surface area (Å²) in [5.41, 5.74) is 0.535. The maximum atomic E-state index is 13.2. The average Bonchev–Trinajstić information content (AvgIpc) is 3.01. The molecule has 2 heterocycles. The molecule has 2 aromatic rings.